The predicted octanol–water partition coefficient (Wildman–Crippen LogP) is 2.31. The van der Waals surface area contributed by atoms with E-state index in [1.54, 1.807) is 0 Å². The zero-order chi connectivity index (χ0) is 11.5. The molecular weight excluding hydrogens is 203 g/mol. The van der Waals surface area contributed by atoms with E-state index in [0.29, 0.717) is 12.6 Å². The molecular formula is C13H19FN2. The molecule has 1 unspecified atom stereocenters. The number of hydrogen-bond acceptors (Lipinski definition) is 2. The summed E-state index contributed by atoms with van der Waals surface area (Å²) in [5, 5.41) is 0. The largest absolute Gasteiger partial charge is 0.329 e. The van der Waals surface area contributed by atoms with Gasteiger partial charge in [-0.1, -0.05) is 18.6 Å². The van der Waals surface area contributed by atoms with E-state index in [1.165, 1.54) is 31.4 Å². The van der Waals surface area contributed by atoms with Gasteiger partial charge in [-0.3, -0.25) is 4.90 Å². The Morgan fingerprint density at radius 1 is 1.38 bits per heavy atom. The summed E-state index contributed by atoms with van der Waals surface area (Å²) in [4.78, 5) is 2.33. The maximum absolute atomic E-state index is 12.8. The minimum Gasteiger partial charge on any atom is -0.329 e. The Kier molecular flexibility index (Phi) is 3.56. The fraction of sp³-hybridized carbons (Fsp3) is 0.538. The summed E-state index contributed by atoms with van der Waals surface area (Å²) in [5.41, 5.74) is 6.93. The molecule has 0 radical (unpaired) electrons. The normalized spacial score (nSPS) is 18.5. The second kappa shape index (κ2) is 4.93. The summed E-state index contributed by atoms with van der Waals surface area (Å²) >= 11 is 0. The molecule has 1 aromatic carbocycles. The van der Waals surface area contributed by atoms with Crippen LogP contribution in [-0.4, -0.2) is 24.5 Å². The van der Waals surface area contributed by atoms with E-state index >= 15 is 0 Å². The average molecular weight is 222 g/mol. The predicted molar refractivity (Wildman–Crippen MR) is 63.6 cm³/mol. The van der Waals surface area contributed by atoms with Crippen molar-refractivity contribution >= 4 is 0 Å². The first-order chi connectivity index (χ1) is 7.72. The van der Waals surface area contributed by atoms with Crippen molar-refractivity contribution < 1.29 is 4.39 Å². The van der Waals surface area contributed by atoms with Crippen LogP contribution in [0, 0.1) is 5.82 Å². The van der Waals surface area contributed by atoms with Crippen molar-refractivity contribution in [2.24, 2.45) is 5.73 Å². The van der Waals surface area contributed by atoms with Gasteiger partial charge in [0.1, 0.15) is 5.82 Å². The summed E-state index contributed by atoms with van der Waals surface area (Å²) in [6, 6.07) is 7.55. The number of nitrogens with zero attached hydrogens (tertiary/aromatic N) is 1. The molecule has 1 aromatic rings. The quantitative estimate of drug-likeness (QED) is 0.847. The van der Waals surface area contributed by atoms with Gasteiger partial charge in [-0.05, 0) is 37.6 Å². The Hall–Kier alpha value is -0.930. The molecule has 0 spiro atoms. The van der Waals surface area contributed by atoms with Gasteiger partial charge in [0.05, 0.1) is 0 Å². The van der Waals surface area contributed by atoms with Crippen molar-refractivity contribution in [1.29, 1.82) is 0 Å². The van der Waals surface area contributed by atoms with E-state index < -0.39 is 0 Å². The maximum Gasteiger partial charge on any atom is 0.123 e. The third-order valence-electron chi connectivity index (χ3n) is 3.62. The van der Waals surface area contributed by atoms with Crippen LogP contribution < -0.4 is 5.73 Å². The number of halogens is 1. The molecule has 2 rings (SSSR count). The molecule has 0 aliphatic heterocycles. The van der Waals surface area contributed by atoms with Crippen LogP contribution >= 0.6 is 0 Å². The van der Waals surface area contributed by atoms with Gasteiger partial charge in [0, 0.05) is 18.6 Å². The van der Waals surface area contributed by atoms with E-state index in [2.05, 4.69) is 11.9 Å². The highest BCUT2D eigenvalue weighted by Gasteiger charge is 2.27. The van der Waals surface area contributed by atoms with Crippen LogP contribution in [-0.2, 0) is 0 Å². The molecule has 1 saturated carbocycles. The fourth-order valence-electron chi connectivity index (χ4n) is 2.27. The molecule has 1 aliphatic carbocycles. The molecule has 2 nitrogen and oxygen atoms in total. The zero-order valence-corrected chi connectivity index (χ0v) is 9.70. The first kappa shape index (κ1) is 11.6. The van der Waals surface area contributed by atoms with E-state index in [9.17, 15) is 4.39 Å². The third kappa shape index (κ3) is 2.25. The molecule has 0 heterocycles. The standard InChI is InChI=1S/C13H19FN2/c1-16(12-3-2-4-12)13(9-15)10-5-7-11(14)8-6-10/h5-8,12-13H,2-4,9,15H2,1H3. The van der Waals surface area contributed by atoms with E-state index in [4.69, 9.17) is 5.73 Å². The smallest absolute Gasteiger partial charge is 0.123 e. The summed E-state index contributed by atoms with van der Waals surface area (Å²) < 4.78 is 12.8. The minimum atomic E-state index is -0.189. The van der Waals surface area contributed by atoms with Gasteiger partial charge in [0.2, 0.25) is 0 Å². The lowest BCUT2D eigenvalue weighted by Crippen LogP contribution is -2.42. The third-order valence-corrected chi connectivity index (χ3v) is 3.62. The van der Waals surface area contributed by atoms with Crippen LogP contribution in [0.2, 0.25) is 0 Å². The molecule has 16 heavy (non-hydrogen) atoms. The lowest BCUT2D eigenvalue weighted by Gasteiger charge is -2.39. The van der Waals surface area contributed by atoms with Gasteiger partial charge in [0.25, 0.3) is 0 Å². The van der Waals surface area contributed by atoms with E-state index in [0.717, 1.165) is 5.56 Å². The van der Waals surface area contributed by atoms with E-state index in [-0.39, 0.29) is 11.9 Å². The van der Waals surface area contributed by atoms with Gasteiger partial charge >= 0.3 is 0 Å². The van der Waals surface area contributed by atoms with Crippen LogP contribution in [0.5, 0.6) is 0 Å². The Balaban J connectivity index is 2.11. The summed E-state index contributed by atoms with van der Waals surface area (Å²) in [6.07, 6.45) is 3.83. The van der Waals surface area contributed by atoms with Crippen molar-refractivity contribution in [2.75, 3.05) is 13.6 Å². The molecule has 3 heteroatoms. The second-order valence-corrected chi connectivity index (χ2v) is 4.55. The molecule has 0 amide bonds. The van der Waals surface area contributed by atoms with Crippen molar-refractivity contribution in [3.05, 3.63) is 35.6 Å². The Bertz CT molecular complexity index is 332. The topological polar surface area (TPSA) is 29.3 Å². The molecule has 1 fully saturated rings. The number of benzene rings is 1. The SMILES string of the molecule is CN(C1CCC1)C(CN)c1ccc(F)cc1. The van der Waals surface area contributed by atoms with Crippen molar-refractivity contribution in [3.63, 3.8) is 0 Å². The first-order valence-electron chi connectivity index (χ1n) is 5.90. The summed E-state index contributed by atoms with van der Waals surface area (Å²) in [7, 11) is 2.12. The van der Waals surface area contributed by atoms with Crippen molar-refractivity contribution in [1.82, 2.24) is 4.90 Å². The molecule has 0 aromatic heterocycles. The molecule has 0 bridgehead atoms. The van der Waals surface area contributed by atoms with Crippen molar-refractivity contribution in [2.45, 2.75) is 31.3 Å². The van der Waals surface area contributed by atoms with E-state index in [1.807, 2.05) is 12.1 Å². The fourth-order valence-corrected chi connectivity index (χ4v) is 2.27. The van der Waals surface area contributed by atoms with Gasteiger partial charge in [-0.2, -0.15) is 0 Å². The highest BCUT2D eigenvalue weighted by atomic mass is 19.1. The van der Waals surface area contributed by atoms with Crippen LogP contribution in [0.25, 0.3) is 0 Å². The molecule has 88 valence electrons. The van der Waals surface area contributed by atoms with Crippen LogP contribution in [0.1, 0.15) is 30.9 Å². The van der Waals surface area contributed by atoms with Crippen LogP contribution in [0.15, 0.2) is 24.3 Å². The molecule has 1 aliphatic rings. The average Bonchev–Trinajstić information content (AvgIpc) is 2.19. The second-order valence-electron chi connectivity index (χ2n) is 4.55. The van der Waals surface area contributed by atoms with Gasteiger partial charge in [-0.25, -0.2) is 4.39 Å². The minimum absolute atomic E-state index is 0.189. The van der Waals surface area contributed by atoms with Gasteiger partial charge in [0.15, 0.2) is 0 Å². The lowest BCUT2D eigenvalue weighted by atomic mass is 9.89. The number of hydrogen-bond donors (Lipinski definition) is 1. The number of rotatable bonds is 4. The van der Waals surface area contributed by atoms with Crippen molar-refractivity contribution in [3.8, 4) is 0 Å². The highest BCUT2D eigenvalue weighted by molar-refractivity contribution is 5.20. The molecule has 2 N–H and O–H groups in total. The Morgan fingerprint density at radius 2 is 2.00 bits per heavy atom. The summed E-state index contributed by atoms with van der Waals surface area (Å²) in [6.45, 7) is 0.582. The molecule has 0 saturated heterocycles. The maximum atomic E-state index is 12.8. The lowest BCUT2D eigenvalue weighted by molar-refractivity contribution is 0.113. The summed E-state index contributed by atoms with van der Waals surface area (Å²) in [5.74, 6) is -0.189. The van der Waals surface area contributed by atoms with Gasteiger partial charge in [-0.15, -0.1) is 0 Å². The zero-order valence-electron chi connectivity index (χ0n) is 9.70. The molecule has 1 atom stereocenters. The highest BCUT2D eigenvalue weighted by Crippen LogP contribution is 2.30. The van der Waals surface area contributed by atoms with Crippen LogP contribution in [0.4, 0.5) is 4.39 Å². The number of nitrogens with two attached hydrogens (primary N) is 1. The Labute approximate surface area is 96.2 Å². The van der Waals surface area contributed by atoms with Gasteiger partial charge < -0.3 is 5.73 Å². The van der Waals surface area contributed by atoms with Crippen LogP contribution in [0.3, 0.4) is 0 Å². The number of likely N-dealkylation sites (N-methyl/N-ethyl adjacent to an activating group) is 1. The first-order valence-corrected chi connectivity index (χ1v) is 5.90. The Morgan fingerprint density at radius 3 is 2.44 bits per heavy atom. The monoisotopic (exact) mass is 222 g/mol.